The largest absolute Gasteiger partial charge is 0.349 e. The Balaban J connectivity index is 0.00000324. The summed E-state index contributed by atoms with van der Waals surface area (Å²) in [4.78, 5) is 12.2. The van der Waals surface area contributed by atoms with Gasteiger partial charge in [-0.1, -0.05) is 46.5 Å². The Morgan fingerprint density at radius 1 is 1.32 bits per heavy atom. The van der Waals surface area contributed by atoms with E-state index in [2.05, 4.69) is 19.2 Å². The van der Waals surface area contributed by atoms with E-state index in [1.807, 2.05) is 13.8 Å². The SMILES string of the molecule is CC(CC1CCCC1)C(=O)NC(C)(CN)C(C)C.Cl. The van der Waals surface area contributed by atoms with E-state index >= 15 is 0 Å². The first kappa shape index (κ1) is 18.7. The fourth-order valence-electron chi connectivity index (χ4n) is 2.69. The number of nitrogens with one attached hydrogen (secondary N) is 1. The molecular weight excluding hydrogens is 260 g/mol. The van der Waals surface area contributed by atoms with Gasteiger partial charge in [0, 0.05) is 12.5 Å². The molecule has 0 aromatic rings. The Hall–Kier alpha value is -0.280. The van der Waals surface area contributed by atoms with Crippen LogP contribution in [0.3, 0.4) is 0 Å². The number of carbonyl (C=O) groups is 1. The summed E-state index contributed by atoms with van der Waals surface area (Å²) in [6, 6.07) is 0. The smallest absolute Gasteiger partial charge is 0.223 e. The van der Waals surface area contributed by atoms with Gasteiger partial charge >= 0.3 is 0 Å². The average Bonchev–Trinajstić information content (AvgIpc) is 2.81. The quantitative estimate of drug-likeness (QED) is 0.790. The van der Waals surface area contributed by atoms with E-state index in [0.29, 0.717) is 12.5 Å². The molecule has 0 aromatic carbocycles. The van der Waals surface area contributed by atoms with Crippen molar-refractivity contribution in [3.63, 3.8) is 0 Å². The zero-order chi connectivity index (χ0) is 13.8. The normalized spacial score (nSPS) is 20.7. The second-order valence-electron chi connectivity index (χ2n) is 6.55. The van der Waals surface area contributed by atoms with Gasteiger partial charge in [0.2, 0.25) is 5.91 Å². The van der Waals surface area contributed by atoms with Gasteiger partial charge in [0.05, 0.1) is 5.54 Å². The van der Waals surface area contributed by atoms with E-state index in [1.54, 1.807) is 0 Å². The van der Waals surface area contributed by atoms with Gasteiger partial charge in [-0.25, -0.2) is 0 Å². The van der Waals surface area contributed by atoms with Crippen LogP contribution in [0.1, 0.15) is 59.8 Å². The first-order chi connectivity index (χ1) is 8.39. The number of hydrogen-bond donors (Lipinski definition) is 2. The maximum Gasteiger partial charge on any atom is 0.223 e. The number of nitrogens with two attached hydrogens (primary N) is 1. The number of halogens is 1. The summed E-state index contributed by atoms with van der Waals surface area (Å²) in [6.07, 6.45) is 6.31. The Kier molecular flexibility index (Phi) is 7.99. The zero-order valence-electron chi connectivity index (χ0n) is 12.9. The molecule has 0 heterocycles. The molecule has 3 nitrogen and oxygen atoms in total. The van der Waals surface area contributed by atoms with E-state index in [0.717, 1.165) is 12.3 Å². The summed E-state index contributed by atoms with van der Waals surface area (Å²) >= 11 is 0. The molecule has 0 saturated heterocycles. The van der Waals surface area contributed by atoms with Crippen LogP contribution < -0.4 is 11.1 Å². The molecule has 0 aromatic heterocycles. The number of rotatable bonds is 6. The predicted octanol–water partition coefficient (Wildman–Crippen LogP) is 3.11. The molecule has 1 saturated carbocycles. The molecule has 1 fully saturated rings. The summed E-state index contributed by atoms with van der Waals surface area (Å²) in [6.45, 7) is 8.79. The van der Waals surface area contributed by atoms with Crippen molar-refractivity contribution in [1.82, 2.24) is 5.32 Å². The van der Waals surface area contributed by atoms with Gasteiger partial charge in [-0.15, -0.1) is 12.4 Å². The highest BCUT2D eigenvalue weighted by molar-refractivity contribution is 5.85. The molecule has 3 N–H and O–H groups in total. The van der Waals surface area contributed by atoms with Crippen LogP contribution in [0, 0.1) is 17.8 Å². The van der Waals surface area contributed by atoms with E-state index in [-0.39, 0.29) is 29.8 Å². The van der Waals surface area contributed by atoms with E-state index in [9.17, 15) is 4.79 Å². The van der Waals surface area contributed by atoms with Crippen LogP contribution in [0.5, 0.6) is 0 Å². The topological polar surface area (TPSA) is 55.1 Å². The lowest BCUT2D eigenvalue weighted by Crippen LogP contribution is -2.56. The summed E-state index contributed by atoms with van der Waals surface area (Å²) in [7, 11) is 0. The summed E-state index contributed by atoms with van der Waals surface area (Å²) in [5.74, 6) is 1.39. The third-order valence-electron chi connectivity index (χ3n) is 4.72. The Morgan fingerprint density at radius 2 is 1.84 bits per heavy atom. The predicted molar refractivity (Wildman–Crippen MR) is 83.4 cm³/mol. The Bertz CT molecular complexity index is 277. The second-order valence-corrected chi connectivity index (χ2v) is 6.55. The molecule has 1 rings (SSSR count). The van der Waals surface area contributed by atoms with Crippen molar-refractivity contribution in [2.45, 2.75) is 65.3 Å². The lowest BCUT2D eigenvalue weighted by atomic mass is 9.87. The highest BCUT2D eigenvalue weighted by Crippen LogP contribution is 2.30. The third-order valence-corrected chi connectivity index (χ3v) is 4.72. The third kappa shape index (κ3) is 5.31. The Labute approximate surface area is 124 Å². The molecule has 2 unspecified atom stereocenters. The van der Waals surface area contributed by atoms with Crippen molar-refractivity contribution in [2.75, 3.05) is 6.54 Å². The summed E-state index contributed by atoms with van der Waals surface area (Å²) in [5, 5.41) is 3.15. The van der Waals surface area contributed by atoms with Crippen molar-refractivity contribution in [1.29, 1.82) is 0 Å². The second kappa shape index (κ2) is 8.11. The molecule has 0 spiro atoms. The molecule has 1 amide bonds. The molecular formula is C15H31ClN2O. The van der Waals surface area contributed by atoms with Crippen LogP contribution in [-0.2, 0) is 4.79 Å². The first-order valence-corrected chi connectivity index (χ1v) is 7.41. The van der Waals surface area contributed by atoms with Crippen molar-refractivity contribution >= 4 is 18.3 Å². The van der Waals surface area contributed by atoms with Crippen molar-refractivity contribution in [2.24, 2.45) is 23.5 Å². The molecule has 2 atom stereocenters. The Morgan fingerprint density at radius 3 is 2.26 bits per heavy atom. The van der Waals surface area contributed by atoms with Crippen LogP contribution in [0.4, 0.5) is 0 Å². The lowest BCUT2D eigenvalue weighted by Gasteiger charge is -2.35. The van der Waals surface area contributed by atoms with Crippen LogP contribution in [-0.4, -0.2) is 18.0 Å². The van der Waals surface area contributed by atoms with E-state index in [1.165, 1.54) is 25.7 Å². The fraction of sp³-hybridized carbons (Fsp3) is 0.933. The fourth-order valence-corrected chi connectivity index (χ4v) is 2.69. The zero-order valence-corrected chi connectivity index (χ0v) is 13.7. The van der Waals surface area contributed by atoms with Crippen LogP contribution in [0.15, 0.2) is 0 Å². The minimum Gasteiger partial charge on any atom is -0.349 e. The highest BCUT2D eigenvalue weighted by atomic mass is 35.5. The number of hydrogen-bond acceptors (Lipinski definition) is 2. The maximum atomic E-state index is 12.2. The number of carbonyl (C=O) groups excluding carboxylic acids is 1. The van der Waals surface area contributed by atoms with Gasteiger partial charge in [0.1, 0.15) is 0 Å². The van der Waals surface area contributed by atoms with Gasteiger partial charge in [-0.2, -0.15) is 0 Å². The van der Waals surface area contributed by atoms with E-state index in [4.69, 9.17) is 5.73 Å². The molecule has 0 aliphatic heterocycles. The molecule has 4 heteroatoms. The van der Waals surface area contributed by atoms with Crippen molar-refractivity contribution in [3.8, 4) is 0 Å². The van der Waals surface area contributed by atoms with Gasteiger partial charge < -0.3 is 11.1 Å². The molecule has 0 radical (unpaired) electrons. The van der Waals surface area contributed by atoms with Gasteiger partial charge in [0.15, 0.2) is 0 Å². The molecule has 1 aliphatic rings. The standard InChI is InChI=1S/C15H30N2O.ClH/c1-11(2)15(4,10-16)17-14(18)12(3)9-13-7-5-6-8-13;/h11-13H,5-10,16H2,1-4H3,(H,17,18);1H. The summed E-state index contributed by atoms with van der Waals surface area (Å²) < 4.78 is 0. The lowest BCUT2D eigenvalue weighted by molar-refractivity contribution is -0.127. The minimum absolute atomic E-state index is 0. The van der Waals surface area contributed by atoms with Gasteiger partial charge in [-0.3, -0.25) is 4.79 Å². The molecule has 114 valence electrons. The van der Waals surface area contributed by atoms with Crippen molar-refractivity contribution in [3.05, 3.63) is 0 Å². The van der Waals surface area contributed by atoms with Crippen molar-refractivity contribution < 1.29 is 4.79 Å². The molecule has 19 heavy (non-hydrogen) atoms. The van der Waals surface area contributed by atoms with Crippen LogP contribution >= 0.6 is 12.4 Å². The molecule has 1 aliphatic carbocycles. The minimum atomic E-state index is -0.277. The van der Waals surface area contributed by atoms with Crippen LogP contribution in [0.2, 0.25) is 0 Å². The maximum absolute atomic E-state index is 12.2. The highest BCUT2D eigenvalue weighted by Gasteiger charge is 2.31. The van der Waals surface area contributed by atoms with Crippen LogP contribution in [0.25, 0.3) is 0 Å². The van der Waals surface area contributed by atoms with Gasteiger partial charge in [-0.05, 0) is 25.2 Å². The average molecular weight is 291 g/mol. The first-order valence-electron chi connectivity index (χ1n) is 7.41. The summed E-state index contributed by atoms with van der Waals surface area (Å²) in [5.41, 5.74) is 5.53. The number of amides is 1. The monoisotopic (exact) mass is 290 g/mol. The molecule has 0 bridgehead atoms. The van der Waals surface area contributed by atoms with E-state index < -0.39 is 0 Å². The van der Waals surface area contributed by atoms with Gasteiger partial charge in [0.25, 0.3) is 0 Å².